The number of nitrogens with two attached hydrogens (primary N) is 1. The van der Waals surface area contributed by atoms with Gasteiger partial charge in [-0.15, -0.1) is 5.48 Å². The first-order chi connectivity index (χ1) is 12.6. The molecule has 8 heteroatoms. The normalized spacial score (nSPS) is 27.3. The van der Waals surface area contributed by atoms with Crippen molar-refractivity contribution < 1.29 is 14.0 Å². The topological polar surface area (TPSA) is 70.8 Å². The van der Waals surface area contributed by atoms with E-state index in [1.807, 2.05) is 4.90 Å². The first-order valence-electron chi connectivity index (χ1n) is 9.01. The predicted octanol–water partition coefficient (Wildman–Crippen LogP) is 2.02. The van der Waals surface area contributed by atoms with Crippen LogP contribution in [0.2, 0.25) is 5.02 Å². The smallest absolute Gasteiger partial charge is 0.252 e. The lowest BCUT2D eigenvalue weighted by molar-refractivity contribution is -0.121. The minimum absolute atomic E-state index is 0.0931. The number of carbonyl (C=O) groups is 1. The lowest BCUT2D eigenvalue weighted by Crippen LogP contribution is -2.49. The van der Waals surface area contributed by atoms with Crippen LogP contribution in [0.3, 0.4) is 0 Å². The number of rotatable bonds is 3. The summed E-state index contributed by atoms with van der Waals surface area (Å²) in [4.78, 5) is 21.8. The number of hydrogen-bond donors (Lipinski definition) is 2. The van der Waals surface area contributed by atoms with Crippen molar-refractivity contribution in [2.24, 2.45) is 11.7 Å². The molecule has 1 amide bonds. The predicted molar refractivity (Wildman–Crippen MR) is 97.3 cm³/mol. The molecule has 3 aliphatic heterocycles. The minimum Gasteiger partial charge on any atom is -0.415 e. The van der Waals surface area contributed by atoms with E-state index in [9.17, 15) is 4.79 Å². The fourth-order valence-corrected chi connectivity index (χ4v) is 4.62. The van der Waals surface area contributed by atoms with E-state index in [0.717, 1.165) is 19.3 Å². The van der Waals surface area contributed by atoms with Gasteiger partial charge in [0, 0.05) is 30.3 Å². The molecule has 1 saturated carbocycles. The van der Waals surface area contributed by atoms with E-state index in [0.29, 0.717) is 53.1 Å². The van der Waals surface area contributed by atoms with Crippen LogP contribution in [0.4, 0.5) is 15.8 Å². The number of halogens is 2. The van der Waals surface area contributed by atoms with Crippen LogP contribution >= 0.6 is 11.6 Å². The standard InChI is InChI=1S/C18H20ClFN4O2/c19-14-16-11(5-13(20)17(14)23-4-3-9(6-21)7-23)12-8-26-22-15(12)18(25)24(16)10-1-2-10/h5,8-10,15,22H,1-4,6-7,21H2. The van der Waals surface area contributed by atoms with E-state index in [1.165, 1.54) is 12.3 Å². The van der Waals surface area contributed by atoms with Crippen LogP contribution in [0.25, 0.3) is 5.57 Å². The van der Waals surface area contributed by atoms with Crippen molar-refractivity contribution in [3.63, 3.8) is 0 Å². The number of amides is 1. The summed E-state index contributed by atoms with van der Waals surface area (Å²) in [6.45, 7) is 1.97. The Kier molecular flexibility index (Phi) is 3.67. The molecule has 0 radical (unpaired) electrons. The lowest BCUT2D eigenvalue weighted by atomic mass is 9.91. The van der Waals surface area contributed by atoms with Gasteiger partial charge in [-0.3, -0.25) is 4.79 Å². The van der Waals surface area contributed by atoms with Gasteiger partial charge in [0.05, 0.1) is 16.4 Å². The summed E-state index contributed by atoms with van der Waals surface area (Å²) < 4.78 is 15.1. The summed E-state index contributed by atoms with van der Waals surface area (Å²) in [6, 6.07) is 1.01. The Morgan fingerprint density at radius 2 is 2.15 bits per heavy atom. The number of fused-ring (bicyclic) bond motifs is 3. The highest BCUT2D eigenvalue weighted by Gasteiger charge is 2.47. The molecule has 3 heterocycles. The zero-order valence-electron chi connectivity index (χ0n) is 14.2. The summed E-state index contributed by atoms with van der Waals surface area (Å²) >= 11 is 6.73. The van der Waals surface area contributed by atoms with Crippen molar-refractivity contribution in [2.75, 3.05) is 29.4 Å². The second-order valence-corrected chi connectivity index (χ2v) is 7.81. The number of hydroxylamine groups is 1. The SMILES string of the molecule is NCC1CCN(c2c(F)cc3c(c2Cl)N(C2CC2)C(=O)C2NOC=C32)C1. The number of nitrogens with zero attached hydrogens (tertiary/aromatic N) is 2. The van der Waals surface area contributed by atoms with E-state index in [2.05, 4.69) is 5.48 Å². The van der Waals surface area contributed by atoms with Crippen molar-refractivity contribution in [1.82, 2.24) is 5.48 Å². The molecule has 2 atom stereocenters. The average Bonchev–Trinajstić information content (AvgIpc) is 3.14. The van der Waals surface area contributed by atoms with Gasteiger partial charge in [-0.1, -0.05) is 11.6 Å². The molecule has 0 spiro atoms. The molecule has 138 valence electrons. The van der Waals surface area contributed by atoms with Crippen LogP contribution in [0, 0.1) is 11.7 Å². The fourth-order valence-electron chi connectivity index (χ4n) is 4.22. The van der Waals surface area contributed by atoms with Gasteiger partial charge in [0.25, 0.3) is 5.91 Å². The maximum absolute atomic E-state index is 15.1. The second kappa shape index (κ2) is 5.84. The number of nitrogens with one attached hydrogen (secondary N) is 1. The van der Waals surface area contributed by atoms with E-state index in [-0.39, 0.29) is 17.8 Å². The highest BCUT2D eigenvalue weighted by atomic mass is 35.5. The molecule has 26 heavy (non-hydrogen) atoms. The summed E-state index contributed by atoms with van der Waals surface area (Å²) in [5.41, 5.74) is 10.7. The van der Waals surface area contributed by atoms with Crippen LogP contribution in [-0.4, -0.2) is 37.6 Å². The van der Waals surface area contributed by atoms with Gasteiger partial charge in [0.2, 0.25) is 0 Å². The molecule has 1 aliphatic carbocycles. The molecule has 1 aromatic carbocycles. The van der Waals surface area contributed by atoms with Gasteiger partial charge in [-0.2, -0.15) is 0 Å². The van der Waals surface area contributed by atoms with Crippen LogP contribution in [0.5, 0.6) is 0 Å². The molecular formula is C18H20ClFN4O2. The largest absolute Gasteiger partial charge is 0.415 e. The maximum atomic E-state index is 15.1. The van der Waals surface area contributed by atoms with E-state index in [1.54, 1.807) is 4.90 Å². The van der Waals surface area contributed by atoms with Crippen molar-refractivity contribution in [3.05, 3.63) is 28.7 Å². The fraction of sp³-hybridized carbons (Fsp3) is 0.500. The number of hydrogen-bond acceptors (Lipinski definition) is 5. The van der Waals surface area contributed by atoms with Crippen LogP contribution in [-0.2, 0) is 9.63 Å². The summed E-state index contributed by atoms with van der Waals surface area (Å²) in [5, 5.41) is 0.309. The van der Waals surface area contributed by atoms with Gasteiger partial charge < -0.3 is 20.4 Å². The molecule has 0 aromatic heterocycles. The Balaban J connectivity index is 1.66. The highest BCUT2D eigenvalue weighted by molar-refractivity contribution is 6.38. The van der Waals surface area contributed by atoms with E-state index >= 15 is 4.39 Å². The highest BCUT2D eigenvalue weighted by Crippen LogP contribution is 2.50. The molecule has 4 aliphatic rings. The first-order valence-corrected chi connectivity index (χ1v) is 9.39. The third-order valence-corrected chi connectivity index (χ3v) is 6.09. The molecule has 6 nitrogen and oxygen atoms in total. The Labute approximate surface area is 155 Å². The van der Waals surface area contributed by atoms with Crippen molar-refractivity contribution in [2.45, 2.75) is 31.3 Å². The zero-order chi connectivity index (χ0) is 18.0. The minimum atomic E-state index is -0.599. The zero-order valence-corrected chi connectivity index (χ0v) is 14.9. The lowest BCUT2D eigenvalue weighted by Gasteiger charge is -2.35. The molecule has 5 rings (SSSR count). The maximum Gasteiger partial charge on any atom is 0.252 e. The van der Waals surface area contributed by atoms with Gasteiger partial charge in [-0.05, 0) is 37.8 Å². The third-order valence-electron chi connectivity index (χ3n) is 5.73. The summed E-state index contributed by atoms with van der Waals surface area (Å²) in [6.07, 6.45) is 4.25. The number of carbonyl (C=O) groups excluding carboxylic acids is 1. The van der Waals surface area contributed by atoms with Crippen molar-refractivity contribution >= 4 is 34.5 Å². The second-order valence-electron chi connectivity index (χ2n) is 7.43. The molecule has 1 aromatic rings. The average molecular weight is 379 g/mol. The third kappa shape index (κ3) is 2.27. The molecule has 1 saturated heterocycles. The van der Waals surface area contributed by atoms with E-state index < -0.39 is 6.04 Å². The van der Waals surface area contributed by atoms with E-state index in [4.69, 9.17) is 22.2 Å². The van der Waals surface area contributed by atoms with Crippen LogP contribution in [0.15, 0.2) is 12.3 Å². The quantitative estimate of drug-likeness (QED) is 0.842. The van der Waals surface area contributed by atoms with Crippen molar-refractivity contribution in [1.29, 1.82) is 0 Å². The Bertz CT molecular complexity index is 826. The Morgan fingerprint density at radius 3 is 2.85 bits per heavy atom. The Hall–Kier alpha value is -1.83. The first kappa shape index (κ1) is 16.4. The molecule has 3 N–H and O–H groups in total. The molecule has 0 bridgehead atoms. The molecular weight excluding hydrogens is 359 g/mol. The molecule has 2 fully saturated rings. The van der Waals surface area contributed by atoms with Crippen LogP contribution in [0.1, 0.15) is 24.8 Å². The van der Waals surface area contributed by atoms with Crippen molar-refractivity contribution in [3.8, 4) is 0 Å². The van der Waals surface area contributed by atoms with Gasteiger partial charge in [-0.25, -0.2) is 4.39 Å². The number of benzene rings is 1. The summed E-state index contributed by atoms with van der Waals surface area (Å²) in [5.74, 6) is -0.130. The van der Waals surface area contributed by atoms with Gasteiger partial charge in [0.15, 0.2) is 6.04 Å². The molecule has 2 unspecified atom stereocenters. The van der Waals surface area contributed by atoms with Gasteiger partial charge >= 0.3 is 0 Å². The van der Waals surface area contributed by atoms with Crippen LogP contribution < -0.4 is 21.0 Å². The van der Waals surface area contributed by atoms with Gasteiger partial charge in [0.1, 0.15) is 12.1 Å². The number of anilines is 2. The Morgan fingerprint density at radius 1 is 1.35 bits per heavy atom. The summed E-state index contributed by atoms with van der Waals surface area (Å²) in [7, 11) is 0. The monoisotopic (exact) mass is 378 g/mol.